The summed E-state index contributed by atoms with van der Waals surface area (Å²) in [6.45, 7) is 0. The van der Waals surface area contributed by atoms with Gasteiger partial charge < -0.3 is 8.83 Å². The van der Waals surface area contributed by atoms with Crippen LogP contribution in [0.15, 0.2) is 61.1 Å². The molecule has 1 N–H and O–H groups in total. The highest BCUT2D eigenvalue weighted by Crippen LogP contribution is 2.54. The summed E-state index contributed by atoms with van der Waals surface area (Å²) in [5.41, 5.74) is 4.19. The molecule has 1 aliphatic rings. The van der Waals surface area contributed by atoms with Crippen LogP contribution in [-0.4, -0.2) is 11.2 Å². The molecule has 6 nitrogen and oxygen atoms in total. The molecule has 1 fully saturated rings. The number of hydrogen-bond donors (Lipinski definition) is 1. The van der Waals surface area contributed by atoms with Crippen molar-refractivity contribution in [3.8, 4) is 6.07 Å². The molecular formula is C18H13BrN4O2. The van der Waals surface area contributed by atoms with Crippen molar-refractivity contribution in [1.82, 2.24) is 4.98 Å². The van der Waals surface area contributed by atoms with E-state index < -0.39 is 0 Å². The molecule has 2 heterocycles. The fourth-order valence-corrected chi connectivity index (χ4v) is 3.05. The van der Waals surface area contributed by atoms with Crippen LogP contribution in [0.4, 0.5) is 5.88 Å². The van der Waals surface area contributed by atoms with E-state index in [1.54, 1.807) is 12.1 Å². The lowest BCUT2D eigenvalue weighted by Gasteiger charge is -1.97. The highest BCUT2D eigenvalue weighted by Gasteiger charge is 2.43. The smallest absolute Gasteiger partial charge is 0.252 e. The molecule has 3 aromatic rings. The van der Waals surface area contributed by atoms with E-state index in [2.05, 4.69) is 43.6 Å². The Morgan fingerprint density at radius 1 is 1.20 bits per heavy atom. The number of aromatic nitrogens is 1. The van der Waals surface area contributed by atoms with Gasteiger partial charge in [-0.15, -0.1) is 0 Å². The van der Waals surface area contributed by atoms with Crippen LogP contribution in [0.2, 0.25) is 0 Å². The van der Waals surface area contributed by atoms with Crippen LogP contribution >= 0.6 is 15.9 Å². The van der Waals surface area contributed by atoms with Gasteiger partial charge >= 0.3 is 0 Å². The first kappa shape index (κ1) is 15.7. The van der Waals surface area contributed by atoms with E-state index in [1.807, 2.05) is 24.3 Å². The van der Waals surface area contributed by atoms with Crippen molar-refractivity contribution in [2.24, 2.45) is 5.10 Å². The second-order valence-electron chi connectivity index (χ2n) is 5.71. The van der Waals surface area contributed by atoms with Gasteiger partial charge in [-0.2, -0.15) is 10.4 Å². The van der Waals surface area contributed by atoms with E-state index in [0.29, 0.717) is 22.2 Å². The Labute approximate surface area is 152 Å². The maximum absolute atomic E-state index is 9.25. The number of nitrogens with one attached hydrogen (secondary N) is 1. The lowest BCUT2D eigenvalue weighted by molar-refractivity contribution is 0.506. The van der Waals surface area contributed by atoms with Gasteiger partial charge in [0.2, 0.25) is 11.6 Å². The van der Waals surface area contributed by atoms with Gasteiger partial charge in [-0.25, -0.2) is 10.4 Å². The third kappa shape index (κ3) is 3.35. The van der Waals surface area contributed by atoms with Gasteiger partial charge in [-0.1, -0.05) is 30.3 Å². The topological polar surface area (TPSA) is 87.4 Å². The van der Waals surface area contributed by atoms with Gasteiger partial charge in [-0.05, 0) is 46.0 Å². The number of benzene rings is 1. The van der Waals surface area contributed by atoms with Crippen molar-refractivity contribution >= 4 is 28.0 Å². The quantitative estimate of drug-likeness (QED) is 0.502. The number of nitrogens with zero attached hydrogens (tertiary/aromatic N) is 3. The SMILES string of the molecule is N#Cc1nc(C2CC2c2ccccc2)oc1NN=Cc1ccc(Br)o1. The zero-order valence-electron chi connectivity index (χ0n) is 13.0. The summed E-state index contributed by atoms with van der Waals surface area (Å²) in [5.74, 6) is 1.99. The van der Waals surface area contributed by atoms with Crippen molar-refractivity contribution in [1.29, 1.82) is 5.26 Å². The predicted molar refractivity (Wildman–Crippen MR) is 95.4 cm³/mol. The molecule has 2 aromatic heterocycles. The maximum atomic E-state index is 9.25. The molecule has 2 atom stereocenters. The number of furan rings is 1. The molecule has 1 saturated carbocycles. The molecule has 2 unspecified atom stereocenters. The van der Waals surface area contributed by atoms with Gasteiger partial charge in [-0.3, -0.25) is 0 Å². The number of anilines is 1. The number of nitriles is 1. The third-order valence-corrected chi connectivity index (χ3v) is 4.46. The molecular weight excluding hydrogens is 384 g/mol. The Morgan fingerprint density at radius 2 is 2.04 bits per heavy atom. The Morgan fingerprint density at radius 3 is 2.76 bits per heavy atom. The first-order valence-corrected chi connectivity index (χ1v) is 8.54. The Kier molecular flexibility index (Phi) is 4.12. The molecule has 124 valence electrons. The molecule has 1 aliphatic carbocycles. The minimum absolute atomic E-state index is 0.200. The maximum Gasteiger partial charge on any atom is 0.252 e. The van der Waals surface area contributed by atoms with Crippen LogP contribution in [-0.2, 0) is 0 Å². The van der Waals surface area contributed by atoms with Gasteiger partial charge in [0.05, 0.1) is 6.21 Å². The van der Waals surface area contributed by atoms with Gasteiger partial charge in [0, 0.05) is 5.92 Å². The van der Waals surface area contributed by atoms with Gasteiger partial charge in [0.25, 0.3) is 5.88 Å². The summed E-state index contributed by atoms with van der Waals surface area (Å²) in [5, 5.41) is 13.3. The first-order valence-electron chi connectivity index (χ1n) is 7.75. The molecule has 0 saturated heterocycles. The number of halogens is 1. The Hall–Kier alpha value is -2.85. The molecule has 4 rings (SSSR count). The van der Waals surface area contributed by atoms with Crippen molar-refractivity contribution in [2.45, 2.75) is 18.3 Å². The van der Waals surface area contributed by atoms with Crippen LogP contribution in [0, 0.1) is 11.3 Å². The highest BCUT2D eigenvalue weighted by molar-refractivity contribution is 9.10. The minimum atomic E-state index is 0.200. The summed E-state index contributed by atoms with van der Waals surface area (Å²) in [6, 6.07) is 15.8. The number of hydrogen-bond acceptors (Lipinski definition) is 6. The van der Waals surface area contributed by atoms with E-state index in [0.717, 1.165) is 6.42 Å². The van der Waals surface area contributed by atoms with Gasteiger partial charge in [0.15, 0.2) is 4.67 Å². The van der Waals surface area contributed by atoms with E-state index in [9.17, 15) is 5.26 Å². The minimum Gasteiger partial charge on any atom is -0.448 e. The molecule has 0 spiro atoms. The molecule has 1 aromatic carbocycles. The van der Waals surface area contributed by atoms with E-state index >= 15 is 0 Å². The van der Waals surface area contributed by atoms with Crippen molar-refractivity contribution in [2.75, 3.05) is 5.43 Å². The fraction of sp³-hybridized carbons (Fsp3) is 0.167. The lowest BCUT2D eigenvalue weighted by atomic mass is 10.1. The normalized spacial score (nSPS) is 19.0. The highest BCUT2D eigenvalue weighted by atomic mass is 79.9. The summed E-state index contributed by atoms with van der Waals surface area (Å²) in [7, 11) is 0. The Bertz CT molecular complexity index is 955. The molecule has 0 aliphatic heterocycles. The number of hydrazone groups is 1. The van der Waals surface area contributed by atoms with Crippen LogP contribution < -0.4 is 5.43 Å². The summed E-state index contributed by atoms with van der Waals surface area (Å²) in [4.78, 5) is 4.30. The zero-order valence-corrected chi connectivity index (χ0v) is 14.6. The van der Waals surface area contributed by atoms with Gasteiger partial charge in [0.1, 0.15) is 11.8 Å². The van der Waals surface area contributed by atoms with Crippen LogP contribution in [0.25, 0.3) is 0 Å². The largest absolute Gasteiger partial charge is 0.448 e. The molecule has 0 amide bonds. The van der Waals surface area contributed by atoms with E-state index in [1.165, 1.54) is 11.8 Å². The van der Waals surface area contributed by atoms with Crippen LogP contribution in [0.5, 0.6) is 0 Å². The second kappa shape index (κ2) is 6.57. The predicted octanol–water partition coefficient (Wildman–Crippen LogP) is 4.62. The monoisotopic (exact) mass is 396 g/mol. The van der Waals surface area contributed by atoms with Crippen LogP contribution in [0.1, 0.15) is 41.2 Å². The van der Waals surface area contributed by atoms with E-state index in [-0.39, 0.29) is 17.5 Å². The number of oxazole rings is 1. The average Bonchev–Trinajstić information content (AvgIpc) is 3.17. The lowest BCUT2D eigenvalue weighted by Crippen LogP contribution is -1.90. The van der Waals surface area contributed by atoms with Crippen molar-refractivity contribution < 1.29 is 8.83 Å². The third-order valence-electron chi connectivity index (χ3n) is 4.04. The van der Waals surface area contributed by atoms with Crippen LogP contribution in [0.3, 0.4) is 0 Å². The van der Waals surface area contributed by atoms with Crippen molar-refractivity contribution in [3.63, 3.8) is 0 Å². The molecule has 7 heteroatoms. The average molecular weight is 397 g/mol. The molecule has 0 bridgehead atoms. The van der Waals surface area contributed by atoms with E-state index in [4.69, 9.17) is 8.83 Å². The molecule has 25 heavy (non-hydrogen) atoms. The Balaban J connectivity index is 1.47. The molecule has 0 radical (unpaired) electrons. The second-order valence-corrected chi connectivity index (χ2v) is 6.49. The summed E-state index contributed by atoms with van der Waals surface area (Å²) < 4.78 is 11.7. The summed E-state index contributed by atoms with van der Waals surface area (Å²) >= 11 is 3.22. The fourth-order valence-electron chi connectivity index (χ4n) is 2.74. The zero-order chi connectivity index (χ0) is 17.2. The first-order chi connectivity index (χ1) is 12.2. The number of rotatable bonds is 5. The standard InChI is InChI=1S/C18H13BrN4O2/c19-16-7-6-12(24-16)10-21-23-18-15(9-20)22-17(25-18)14-8-13(14)11-4-2-1-3-5-11/h1-7,10,13-14,23H,8H2. The van der Waals surface area contributed by atoms with Crippen molar-refractivity contribution in [3.05, 3.63) is 70.0 Å². The summed E-state index contributed by atoms with van der Waals surface area (Å²) in [6.07, 6.45) is 2.47.